The van der Waals surface area contributed by atoms with Crippen LogP contribution in [0.3, 0.4) is 0 Å². The molecule has 1 aromatic rings. The Morgan fingerprint density at radius 2 is 2.05 bits per heavy atom. The second-order valence-electron chi connectivity index (χ2n) is 3.71. The monoisotopic (exact) mass is 282 g/mol. The van der Waals surface area contributed by atoms with E-state index in [-0.39, 0.29) is 23.3 Å². The van der Waals surface area contributed by atoms with Crippen LogP contribution >= 0.6 is 12.2 Å². The molecule has 0 spiro atoms. The molecular weight excluding hydrogens is 268 g/mol. The minimum Gasteiger partial charge on any atom is -0.470 e. The SMILES string of the molecule is CCC(=O)CCOC(=S)Nc1ccc([N+](=O)[O-])cc1. The van der Waals surface area contributed by atoms with E-state index in [4.69, 9.17) is 17.0 Å². The number of hydrogen-bond donors (Lipinski definition) is 1. The van der Waals surface area contributed by atoms with Crippen LogP contribution in [0.2, 0.25) is 0 Å². The number of carbonyl (C=O) groups is 1. The third kappa shape index (κ3) is 5.43. The summed E-state index contributed by atoms with van der Waals surface area (Å²) in [7, 11) is 0. The van der Waals surface area contributed by atoms with E-state index >= 15 is 0 Å². The summed E-state index contributed by atoms with van der Waals surface area (Å²) in [6, 6.07) is 5.80. The molecule has 1 N–H and O–H groups in total. The Morgan fingerprint density at radius 3 is 2.58 bits per heavy atom. The molecule has 1 rings (SSSR count). The van der Waals surface area contributed by atoms with Gasteiger partial charge in [-0.05, 0) is 24.4 Å². The molecule has 0 bridgehead atoms. The molecule has 6 nitrogen and oxygen atoms in total. The summed E-state index contributed by atoms with van der Waals surface area (Å²) in [6.07, 6.45) is 0.796. The zero-order valence-corrected chi connectivity index (χ0v) is 11.2. The third-order valence-electron chi connectivity index (χ3n) is 2.33. The van der Waals surface area contributed by atoms with Crippen molar-refractivity contribution in [3.8, 4) is 0 Å². The summed E-state index contributed by atoms with van der Waals surface area (Å²) in [5.41, 5.74) is 0.600. The normalized spacial score (nSPS) is 9.74. The van der Waals surface area contributed by atoms with Crippen LogP contribution in [-0.2, 0) is 9.53 Å². The van der Waals surface area contributed by atoms with Gasteiger partial charge in [0.1, 0.15) is 5.78 Å². The number of nitro groups is 1. The van der Waals surface area contributed by atoms with Gasteiger partial charge >= 0.3 is 0 Å². The van der Waals surface area contributed by atoms with Gasteiger partial charge in [-0.3, -0.25) is 14.9 Å². The maximum Gasteiger partial charge on any atom is 0.269 e. The van der Waals surface area contributed by atoms with Crippen LogP contribution in [0.4, 0.5) is 11.4 Å². The first-order valence-corrected chi connectivity index (χ1v) is 6.13. The Hall–Kier alpha value is -2.02. The van der Waals surface area contributed by atoms with Crippen molar-refractivity contribution in [2.24, 2.45) is 0 Å². The second kappa shape index (κ2) is 7.42. The first-order chi connectivity index (χ1) is 9.02. The first kappa shape index (κ1) is 15.0. The molecule has 0 unspecified atom stereocenters. The molecule has 0 aliphatic rings. The molecule has 0 amide bonds. The number of nitrogens with one attached hydrogen (secondary N) is 1. The maximum absolute atomic E-state index is 11.0. The van der Waals surface area contributed by atoms with Crippen LogP contribution < -0.4 is 5.32 Å². The van der Waals surface area contributed by atoms with Crippen LogP contribution in [-0.4, -0.2) is 22.5 Å². The lowest BCUT2D eigenvalue weighted by atomic mass is 10.2. The van der Waals surface area contributed by atoms with Crippen LogP contribution in [0.15, 0.2) is 24.3 Å². The van der Waals surface area contributed by atoms with Crippen molar-refractivity contribution in [1.82, 2.24) is 0 Å². The van der Waals surface area contributed by atoms with Gasteiger partial charge < -0.3 is 10.1 Å². The number of ketones is 1. The molecule has 0 fully saturated rings. The third-order valence-corrected chi connectivity index (χ3v) is 2.55. The summed E-state index contributed by atoms with van der Waals surface area (Å²) in [5, 5.41) is 13.4. The van der Waals surface area contributed by atoms with Gasteiger partial charge in [0, 0.05) is 30.7 Å². The number of nitrogens with zero attached hydrogens (tertiary/aromatic N) is 1. The average Bonchev–Trinajstić information content (AvgIpc) is 2.39. The predicted molar refractivity (Wildman–Crippen MR) is 75.2 cm³/mol. The largest absolute Gasteiger partial charge is 0.470 e. The molecule has 0 radical (unpaired) electrons. The van der Waals surface area contributed by atoms with Crippen LogP contribution in [0.5, 0.6) is 0 Å². The fourth-order valence-electron chi connectivity index (χ4n) is 1.25. The van der Waals surface area contributed by atoms with Crippen molar-refractivity contribution >= 4 is 34.6 Å². The maximum atomic E-state index is 11.0. The lowest BCUT2D eigenvalue weighted by Gasteiger charge is -2.09. The van der Waals surface area contributed by atoms with Crippen LogP contribution in [0.1, 0.15) is 19.8 Å². The molecule has 0 aliphatic heterocycles. The Kier molecular flexibility index (Phi) is 5.87. The van der Waals surface area contributed by atoms with Crippen molar-refractivity contribution in [3.05, 3.63) is 34.4 Å². The van der Waals surface area contributed by atoms with Crippen molar-refractivity contribution in [2.75, 3.05) is 11.9 Å². The highest BCUT2D eigenvalue weighted by atomic mass is 32.1. The van der Waals surface area contributed by atoms with Gasteiger partial charge in [-0.15, -0.1) is 0 Å². The van der Waals surface area contributed by atoms with Crippen molar-refractivity contribution in [2.45, 2.75) is 19.8 Å². The molecular formula is C12H14N2O4S. The Labute approximate surface area is 115 Å². The molecule has 7 heteroatoms. The molecule has 1 aromatic carbocycles. The Bertz CT molecular complexity index is 473. The fourth-order valence-corrected chi connectivity index (χ4v) is 1.46. The number of anilines is 1. The van der Waals surface area contributed by atoms with Gasteiger partial charge in [0.2, 0.25) is 0 Å². The topological polar surface area (TPSA) is 81.5 Å². The van der Waals surface area contributed by atoms with Gasteiger partial charge in [-0.25, -0.2) is 0 Å². The van der Waals surface area contributed by atoms with E-state index in [1.54, 1.807) is 6.92 Å². The highest BCUT2D eigenvalue weighted by Gasteiger charge is 2.05. The van der Waals surface area contributed by atoms with E-state index in [0.717, 1.165) is 0 Å². The number of benzene rings is 1. The summed E-state index contributed by atoms with van der Waals surface area (Å²) in [4.78, 5) is 21.0. The molecule has 102 valence electrons. The summed E-state index contributed by atoms with van der Waals surface area (Å²) >= 11 is 4.93. The van der Waals surface area contributed by atoms with Crippen molar-refractivity contribution < 1.29 is 14.5 Å². The Balaban J connectivity index is 2.40. The number of ether oxygens (including phenoxy) is 1. The summed E-state index contributed by atoms with van der Waals surface area (Å²) in [6.45, 7) is 2.02. The first-order valence-electron chi connectivity index (χ1n) is 5.73. The van der Waals surface area contributed by atoms with E-state index in [1.807, 2.05) is 0 Å². The molecule has 19 heavy (non-hydrogen) atoms. The van der Waals surface area contributed by atoms with E-state index in [1.165, 1.54) is 24.3 Å². The van der Waals surface area contributed by atoms with E-state index < -0.39 is 4.92 Å². The van der Waals surface area contributed by atoms with Gasteiger partial charge in [0.15, 0.2) is 0 Å². The van der Waals surface area contributed by atoms with Crippen LogP contribution in [0.25, 0.3) is 0 Å². The molecule has 0 saturated heterocycles. The Morgan fingerprint density at radius 1 is 1.42 bits per heavy atom. The van der Waals surface area contributed by atoms with Gasteiger partial charge in [0.25, 0.3) is 10.9 Å². The summed E-state index contributed by atoms with van der Waals surface area (Å²) < 4.78 is 5.16. The van der Waals surface area contributed by atoms with Gasteiger partial charge in [-0.1, -0.05) is 6.92 Å². The number of nitro benzene ring substituents is 1. The molecule has 0 heterocycles. The van der Waals surface area contributed by atoms with Gasteiger partial charge in [-0.2, -0.15) is 0 Å². The minimum absolute atomic E-state index is 0.00549. The zero-order chi connectivity index (χ0) is 14.3. The van der Waals surface area contributed by atoms with Crippen LogP contribution in [0, 0.1) is 10.1 Å². The number of Topliss-reactive ketones (excluding diaryl/α,β-unsaturated/α-hetero) is 1. The predicted octanol–water partition coefficient (Wildman–Crippen LogP) is 2.68. The number of thiocarbonyl (C=S) groups is 1. The van der Waals surface area contributed by atoms with E-state index in [0.29, 0.717) is 18.5 Å². The smallest absolute Gasteiger partial charge is 0.269 e. The standard InChI is InChI=1S/C12H14N2O4S/c1-2-11(15)7-8-18-12(19)13-9-3-5-10(6-4-9)14(16)17/h3-6H,2,7-8H2,1H3,(H,13,19). The number of carbonyl (C=O) groups excluding carboxylic acids is 1. The van der Waals surface area contributed by atoms with E-state index in [9.17, 15) is 14.9 Å². The highest BCUT2D eigenvalue weighted by molar-refractivity contribution is 7.80. The van der Waals surface area contributed by atoms with Gasteiger partial charge in [0.05, 0.1) is 11.5 Å². The highest BCUT2D eigenvalue weighted by Crippen LogP contribution is 2.15. The number of rotatable bonds is 6. The minimum atomic E-state index is -0.477. The number of hydrogen-bond acceptors (Lipinski definition) is 5. The zero-order valence-electron chi connectivity index (χ0n) is 10.4. The lowest BCUT2D eigenvalue weighted by molar-refractivity contribution is -0.384. The molecule has 0 atom stereocenters. The molecule has 0 saturated carbocycles. The lowest BCUT2D eigenvalue weighted by Crippen LogP contribution is -2.15. The summed E-state index contributed by atoms with van der Waals surface area (Å²) in [5.74, 6) is 0.109. The fraction of sp³-hybridized carbons (Fsp3) is 0.333. The quantitative estimate of drug-likeness (QED) is 0.491. The van der Waals surface area contributed by atoms with Crippen molar-refractivity contribution in [1.29, 1.82) is 0 Å². The molecule has 0 aromatic heterocycles. The van der Waals surface area contributed by atoms with E-state index in [2.05, 4.69) is 5.32 Å². The average molecular weight is 282 g/mol. The molecule has 0 aliphatic carbocycles. The number of non-ortho nitro benzene ring substituents is 1. The van der Waals surface area contributed by atoms with Crippen molar-refractivity contribution in [3.63, 3.8) is 0 Å². The second-order valence-corrected chi connectivity index (χ2v) is 4.08.